The third-order valence-electron chi connectivity index (χ3n) is 3.91. The second kappa shape index (κ2) is 13.7. The molecular weight excluding hydrogens is 432 g/mol. The minimum atomic E-state index is -0.546. The Hall–Kier alpha value is -3.52. The third-order valence-corrected chi connectivity index (χ3v) is 4.84. The summed E-state index contributed by atoms with van der Waals surface area (Å²) < 4.78 is 20.4. The molecule has 0 saturated carbocycles. The summed E-state index contributed by atoms with van der Waals surface area (Å²) in [7, 11) is 0. The van der Waals surface area contributed by atoms with Crippen LogP contribution in [0.2, 0.25) is 0 Å². The van der Waals surface area contributed by atoms with Gasteiger partial charge in [-0.3, -0.25) is 4.79 Å². The van der Waals surface area contributed by atoms with Gasteiger partial charge in [-0.15, -0.1) is 0 Å². The Balaban J connectivity index is 1.74. The van der Waals surface area contributed by atoms with Crippen LogP contribution in [0.15, 0.2) is 78.9 Å². The quantitative estimate of drug-likeness (QED) is 0.142. The Labute approximate surface area is 191 Å². The monoisotopic (exact) mass is 456 g/mol. The predicted octanol–water partition coefficient (Wildman–Crippen LogP) is 4.57. The van der Waals surface area contributed by atoms with E-state index in [0.717, 1.165) is 35.4 Å². The van der Waals surface area contributed by atoms with Gasteiger partial charge in [-0.2, -0.15) is 0 Å². The lowest BCUT2D eigenvalue weighted by molar-refractivity contribution is -0.140. The van der Waals surface area contributed by atoms with Gasteiger partial charge in [0.05, 0.1) is 19.5 Å². The van der Waals surface area contributed by atoms with Gasteiger partial charge in [0.25, 0.3) is 0 Å². The molecule has 0 spiro atoms. The molecule has 0 heterocycles. The lowest BCUT2D eigenvalue weighted by Gasteiger charge is -2.08. The maximum absolute atomic E-state index is 12.5. The molecule has 0 atom stereocenters. The molecule has 0 fully saturated rings. The van der Waals surface area contributed by atoms with Crippen molar-refractivity contribution in [2.24, 2.45) is 0 Å². The normalized spacial score (nSPS) is 10.0. The number of carbonyl (C=O) groups excluding carboxylic acids is 3. The predicted molar refractivity (Wildman–Crippen MR) is 121 cm³/mol. The molecule has 0 radical (unpaired) electrons. The van der Waals surface area contributed by atoms with Crippen molar-refractivity contribution in [1.29, 1.82) is 0 Å². The molecule has 0 aliphatic rings. The van der Waals surface area contributed by atoms with E-state index in [4.69, 9.17) is 14.2 Å². The smallest absolute Gasteiger partial charge is 0.348 e. The van der Waals surface area contributed by atoms with E-state index in [2.05, 4.69) is 17.9 Å². The lowest BCUT2D eigenvalue weighted by Crippen LogP contribution is -2.11. The van der Waals surface area contributed by atoms with Crippen molar-refractivity contribution >= 4 is 28.8 Å². The minimum Gasteiger partial charge on any atom is -0.494 e. The maximum Gasteiger partial charge on any atom is 0.348 e. The Morgan fingerprint density at radius 2 is 1.47 bits per heavy atom. The SMILES string of the molecule is C=COC(=O)COc1ccc(SC(=O)c2ccc(OCCCCOC(=O)C=C)cc2)cc1. The van der Waals surface area contributed by atoms with Crippen molar-refractivity contribution in [3.05, 3.63) is 79.6 Å². The van der Waals surface area contributed by atoms with Gasteiger partial charge in [-0.05, 0) is 73.1 Å². The molecule has 8 heteroatoms. The Bertz CT molecular complexity index is 920. The molecule has 168 valence electrons. The van der Waals surface area contributed by atoms with Crippen LogP contribution in [0.3, 0.4) is 0 Å². The molecular formula is C24H24O7S. The van der Waals surface area contributed by atoms with Crippen molar-refractivity contribution in [2.75, 3.05) is 19.8 Å². The van der Waals surface area contributed by atoms with Crippen LogP contribution in [0.1, 0.15) is 23.2 Å². The zero-order valence-electron chi connectivity index (χ0n) is 17.5. The van der Waals surface area contributed by atoms with Gasteiger partial charge in [0.1, 0.15) is 11.5 Å². The summed E-state index contributed by atoms with van der Waals surface area (Å²) in [5, 5.41) is -0.108. The summed E-state index contributed by atoms with van der Waals surface area (Å²) in [6, 6.07) is 13.7. The number of benzene rings is 2. The molecule has 0 saturated heterocycles. The van der Waals surface area contributed by atoms with Crippen LogP contribution in [0.25, 0.3) is 0 Å². The van der Waals surface area contributed by atoms with Gasteiger partial charge in [0.2, 0.25) is 5.12 Å². The fraction of sp³-hybridized carbons (Fsp3) is 0.208. The van der Waals surface area contributed by atoms with E-state index in [1.54, 1.807) is 48.5 Å². The number of rotatable bonds is 13. The van der Waals surface area contributed by atoms with Gasteiger partial charge in [-0.1, -0.05) is 13.2 Å². The van der Waals surface area contributed by atoms with Crippen LogP contribution >= 0.6 is 11.8 Å². The van der Waals surface area contributed by atoms with Crippen molar-refractivity contribution in [2.45, 2.75) is 17.7 Å². The molecule has 0 N–H and O–H groups in total. The van der Waals surface area contributed by atoms with Crippen LogP contribution in [0.4, 0.5) is 0 Å². The van der Waals surface area contributed by atoms with Crippen molar-refractivity contribution in [3.63, 3.8) is 0 Å². The maximum atomic E-state index is 12.5. The van der Waals surface area contributed by atoms with E-state index < -0.39 is 11.9 Å². The standard InChI is InChI=1S/C24H24O7S/c1-3-22(25)30-16-6-5-15-29-19-9-7-18(8-10-19)24(27)32-21-13-11-20(12-14-21)31-17-23(26)28-4-2/h3-4,7-14H,1-2,5-6,15-17H2. The first-order valence-corrected chi connectivity index (χ1v) is 10.6. The summed E-state index contributed by atoms with van der Waals surface area (Å²) in [5.74, 6) is 0.170. The molecule has 2 rings (SSSR count). The third kappa shape index (κ3) is 9.09. The van der Waals surface area contributed by atoms with Gasteiger partial charge in [0, 0.05) is 16.5 Å². The highest BCUT2D eigenvalue weighted by atomic mass is 32.2. The van der Waals surface area contributed by atoms with Crippen molar-refractivity contribution in [3.8, 4) is 11.5 Å². The van der Waals surface area contributed by atoms with E-state index in [9.17, 15) is 14.4 Å². The zero-order chi connectivity index (χ0) is 23.2. The largest absolute Gasteiger partial charge is 0.494 e. The topological polar surface area (TPSA) is 88.1 Å². The summed E-state index contributed by atoms with van der Waals surface area (Å²) in [6.45, 7) is 7.21. The highest BCUT2D eigenvalue weighted by Gasteiger charge is 2.09. The first-order chi connectivity index (χ1) is 15.5. The van der Waals surface area contributed by atoms with Gasteiger partial charge >= 0.3 is 11.9 Å². The van der Waals surface area contributed by atoms with E-state index in [1.165, 1.54) is 0 Å². The van der Waals surface area contributed by atoms with Gasteiger partial charge in [0.15, 0.2) is 6.61 Å². The Kier molecular flexibility index (Phi) is 10.6. The number of unbranched alkanes of at least 4 members (excludes halogenated alkanes) is 1. The zero-order valence-corrected chi connectivity index (χ0v) is 18.3. The second-order valence-corrected chi connectivity index (χ2v) is 7.30. The van der Waals surface area contributed by atoms with Crippen LogP contribution in [-0.2, 0) is 19.1 Å². The molecule has 2 aromatic rings. The molecule has 0 aliphatic carbocycles. The summed E-state index contributed by atoms with van der Waals surface area (Å²) >= 11 is 1.09. The minimum absolute atomic E-state index is 0.108. The van der Waals surface area contributed by atoms with Crippen LogP contribution in [-0.4, -0.2) is 36.9 Å². The number of hydrogen-bond donors (Lipinski definition) is 0. The van der Waals surface area contributed by atoms with E-state index in [1.807, 2.05) is 0 Å². The second-order valence-electron chi connectivity index (χ2n) is 6.26. The van der Waals surface area contributed by atoms with Crippen LogP contribution in [0.5, 0.6) is 11.5 Å². The number of carbonyl (C=O) groups is 3. The molecule has 0 bridgehead atoms. The number of thioether (sulfide) groups is 1. The summed E-state index contributed by atoms with van der Waals surface area (Å²) in [6.07, 6.45) is 3.60. The molecule has 2 aromatic carbocycles. The molecule has 0 aliphatic heterocycles. The number of ether oxygens (including phenoxy) is 4. The number of hydrogen-bond acceptors (Lipinski definition) is 8. The fourth-order valence-electron chi connectivity index (χ4n) is 2.35. The van der Waals surface area contributed by atoms with E-state index in [-0.39, 0.29) is 11.7 Å². The van der Waals surface area contributed by atoms with E-state index in [0.29, 0.717) is 36.7 Å². The summed E-state index contributed by atoms with van der Waals surface area (Å²) in [5.41, 5.74) is 0.547. The first-order valence-electron chi connectivity index (χ1n) is 9.79. The molecule has 0 amide bonds. The number of esters is 2. The lowest BCUT2D eigenvalue weighted by atomic mass is 10.2. The van der Waals surface area contributed by atoms with Gasteiger partial charge < -0.3 is 18.9 Å². The van der Waals surface area contributed by atoms with Crippen LogP contribution < -0.4 is 9.47 Å². The van der Waals surface area contributed by atoms with Crippen LogP contribution in [0, 0.1) is 0 Å². The Morgan fingerprint density at radius 3 is 2.12 bits per heavy atom. The summed E-state index contributed by atoms with van der Waals surface area (Å²) in [4.78, 5) is 35.4. The van der Waals surface area contributed by atoms with Crippen molar-refractivity contribution in [1.82, 2.24) is 0 Å². The molecule has 7 nitrogen and oxygen atoms in total. The average molecular weight is 457 g/mol. The molecule has 0 unspecified atom stereocenters. The van der Waals surface area contributed by atoms with E-state index >= 15 is 0 Å². The highest BCUT2D eigenvalue weighted by molar-refractivity contribution is 8.14. The average Bonchev–Trinajstić information content (AvgIpc) is 2.81. The molecule has 0 aromatic heterocycles. The van der Waals surface area contributed by atoms with Crippen molar-refractivity contribution < 1.29 is 33.3 Å². The molecule has 32 heavy (non-hydrogen) atoms. The fourth-order valence-corrected chi connectivity index (χ4v) is 3.09. The Morgan fingerprint density at radius 1 is 0.844 bits per heavy atom. The highest BCUT2D eigenvalue weighted by Crippen LogP contribution is 2.26. The first kappa shape index (κ1) is 24.7. The van der Waals surface area contributed by atoms with Gasteiger partial charge in [-0.25, -0.2) is 9.59 Å².